The quantitative estimate of drug-likeness (QED) is 0.890. The van der Waals surface area contributed by atoms with Crippen LogP contribution in [0, 0.1) is 6.92 Å². The molecule has 1 aliphatic carbocycles. The van der Waals surface area contributed by atoms with Gasteiger partial charge in [0.1, 0.15) is 5.82 Å². The van der Waals surface area contributed by atoms with Crippen LogP contribution in [-0.4, -0.2) is 4.98 Å². The van der Waals surface area contributed by atoms with Gasteiger partial charge in [0, 0.05) is 16.4 Å². The predicted octanol–water partition coefficient (Wildman–Crippen LogP) is 4.38. The van der Waals surface area contributed by atoms with Gasteiger partial charge >= 0.3 is 0 Å². The largest absolute Gasteiger partial charge is 0.340 e. The standard InChI is InChI=1S/C15H15BrN2/c1-10-7-13(16)9-17-15(10)18-14-6-5-11-3-2-4-12(11)8-14/h5-9H,2-4H2,1H3,(H,17,18). The van der Waals surface area contributed by atoms with Gasteiger partial charge in [-0.25, -0.2) is 4.98 Å². The van der Waals surface area contributed by atoms with Crippen LogP contribution in [0.5, 0.6) is 0 Å². The number of aryl methyl sites for hydroxylation is 3. The van der Waals surface area contributed by atoms with E-state index in [4.69, 9.17) is 0 Å². The van der Waals surface area contributed by atoms with Crippen molar-refractivity contribution in [2.45, 2.75) is 26.2 Å². The maximum absolute atomic E-state index is 4.41. The number of nitrogens with one attached hydrogen (secondary N) is 1. The number of benzene rings is 1. The fraction of sp³-hybridized carbons (Fsp3) is 0.267. The Bertz CT molecular complexity index is 593. The lowest BCUT2D eigenvalue weighted by Gasteiger charge is -2.10. The molecule has 0 saturated carbocycles. The Morgan fingerprint density at radius 3 is 2.83 bits per heavy atom. The molecule has 1 heterocycles. The van der Waals surface area contributed by atoms with Crippen molar-refractivity contribution in [1.29, 1.82) is 0 Å². The molecule has 0 spiro atoms. The fourth-order valence-corrected chi connectivity index (χ4v) is 2.90. The first-order chi connectivity index (χ1) is 8.72. The second-order valence-corrected chi connectivity index (χ2v) is 5.70. The van der Waals surface area contributed by atoms with Crippen molar-refractivity contribution >= 4 is 27.4 Å². The van der Waals surface area contributed by atoms with Crippen molar-refractivity contribution in [3.8, 4) is 0 Å². The Labute approximate surface area is 116 Å². The highest BCUT2D eigenvalue weighted by Gasteiger charge is 2.11. The van der Waals surface area contributed by atoms with Crippen LogP contribution in [0.1, 0.15) is 23.1 Å². The molecule has 0 fully saturated rings. The summed E-state index contributed by atoms with van der Waals surface area (Å²) in [6.07, 6.45) is 5.54. The zero-order valence-electron chi connectivity index (χ0n) is 10.3. The second kappa shape index (κ2) is 4.73. The Hall–Kier alpha value is -1.35. The van der Waals surface area contributed by atoms with Crippen LogP contribution < -0.4 is 5.32 Å². The summed E-state index contributed by atoms with van der Waals surface area (Å²) in [6.45, 7) is 2.06. The number of nitrogens with zero attached hydrogens (tertiary/aromatic N) is 1. The lowest BCUT2D eigenvalue weighted by atomic mass is 10.1. The molecule has 92 valence electrons. The number of fused-ring (bicyclic) bond motifs is 1. The maximum atomic E-state index is 4.41. The Morgan fingerprint density at radius 2 is 2.00 bits per heavy atom. The molecule has 1 aromatic carbocycles. The average molecular weight is 303 g/mol. The molecule has 0 unspecified atom stereocenters. The van der Waals surface area contributed by atoms with Gasteiger partial charge in [0.15, 0.2) is 0 Å². The number of hydrogen-bond donors (Lipinski definition) is 1. The van der Waals surface area contributed by atoms with Gasteiger partial charge in [0.2, 0.25) is 0 Å². The number of halogens is 1. The molecular formula is C15H15BrN2. The molecule has 1 aliphatic rings. The molecule has 0 aliphatic heterocycles. The van der Waals surface area contributed by atoms with E-state index in [-0.39, 0.29) is 0 Å². The summed E-state index contributed by atoms with van der Waals surface area (Å²) in [6, 6.07) is 8.71. The topological polar surface area (TPSA) is 24.9 Å². The van der Waals surface area contributed by atoms with Crippen LogP contribution in [0.25, 0.3) is 0 Å². The summed E-state index contributed by atoms with van der Waals surface area (Å²) < 4.78 is 1.01. The first-order valence-electron chi connectivity index (χ1n) is 6.23. The Balaban J connectivity index is 1.88. The highest BCUT2D eigenvalue weighted by molar-refractivity contribution is 9.10. The highest BCUT2D eigenvalue weighted by Crippen LogP contribution is 2.27. The Kier molecular flexibility index (Phi) is 3.08. The average Bonchev–Trinajstić information content (AvgIpc) is 2.80. The molecule has 0 atom stereocenters. The van der Waals surface area contributed by atoms with Gasteiger partial charge in [-0.15, -0.1) is 0 Å². The van der Waals surface area contributed by atoms with Gasteiger partial charge in [0.05, 0.1) is 0 Å². The summed E-state index contributed by atoms with van der Waals surface area (Å²) in [5.74, 6) is 0.927. The van der Waals surface area contributed by atoms with Crippen molar-refractivity contribution in [2.75, 3.05) is 5.32 Å². The molecule has 2 aromatic rings. The minimum Gasteiger partial charge on any atom is -0.340 e. The van der Waals surface area contributed by atoms with Gasteiger partial charge in [-0.2, -0.15) is 0 Å². The van der Waals surface area contributed by atoms with E-state index in [0.717, 1.165) is 21.5 Å². The van der Waals surface area contributed by atoms with Crippen molar-refractivity contribution in [3.63, 3.8) is 0 Å². The lowest BCUT2D eigenvalue weighted by Crippen LogP contribution is -1.97. The van der Waals surface area contributed by atoms with Gasteiger partial charge in [-0.3, -0.25) is 0 Å². The van der Waals surface area contributed by atoms with Gasteiger partial charge in [0.25, 0.3) is 0 Å². The van der Waals surface area contributed by atoms with Gasteiger partial charge < -0.3 is 5.32 Å². The van der Waals surface area contributed by atoms with Crippen molar-refractivity contribution < 1.29 is 0 Å². The first-order valence-corrected chi connectivity index (χ1v) is 7.02. The number of anilines is 2. The van der Waals surface area contributed by atoms with E-state index in [1.165, 1.54) is 30.4 Å². The zero-order valence-corrected chi connectivity index (χ0v) is 11.9. The van der Waals surface area contributed by atoms with Gasteiger partial charge in [-0.05, 0) is 77.0 Å². The number of aromatic nitrogens is 1. The maximum Gasteiger partial charge on any atom is 0.133 e. The number of rotatable bonds is 2. The normalized spacial score (nSPS) is 13.4. The molecule has 0 radical (unpaired) electrons. The van der Waals surface area contributed by atoms with Crippen LogP contribution >= 0.6 is 15.9 Å². The molecular weight excluding hydrogens is 288 g/mol. The van der Waals surface area contributed by atoms with E-state index in [9.17, 15) is 0 Å². The summed E-state index contributed by atoms with van der Waals surface area (Å²) >= 11 is 3.43. The van der Waals surface area contributed by atoms with Crippen molar-refractivity contribution in [2.24, 2.45) is 0 Å². The van der Waals surface area contributed by atoms with E-state index in [0.29, 0.717) is 0 Å². The molecule has 0 bridgehead atoms. The third kappa shape index (κ3) is 2.27. The van der Waals surface area contributed by atoms with Crippen LogP contribution in [0.2, 0.25) is 0 Å². The molecule has 1 aromatic heterocycles. The smallest absolute Gasteiger partial charge is 0.133 e. The van der Waals surface area contributed by atoms with Crippen LogP contribution in [0.4, 0.5) is 11.5 Å². The first kappa shape index (κ1) is 11.7. The third-order valence-electron chi connectivity index (χ3n) is 3.41. The molecule has 3 heteroatoms. The van der Waals surface area contributed by atoms with Crippen LogP contribution in [-0.2, 0) is 12.8 Å². The van der Waals surface area contributed by atoms with E-state index >= 15 is 0 Å². The van der Waals surface area contributed by atoms with E-state index in [2.05, 4.69) is 57.4 Å². The van der Waals surface area contributed by atoms with Crippen LogP contribution in [0.3, 0.4) is 0 Å². The van der Waals surface area contributed by atoms with Gasteiger partial charge in [-0.1, -0.05) is 6.07 Å². The minimum atomic E-state index is 0.927. The van der Waals surface area contributed by atoms with Crippen molar-refractivity contribution in [3.05, 3.63) is 51.6 Å². The summed E-state index contributed by atoms with van der Waals surface area (Å²) in [5, 5.41) is 3.40. The lowest BCUT2D eigenvalue weighted by molar-refractivity contribution is 0.912. The molecule has 0 saturated heterocycles. The third-order valence-corrected chi connectivity index (χ3v) is 3.84. The summed E-state index contributed by atoms with van der Waals surface area (Å²) in [7, 11) is 0. The highest BCUT2D eigenvalue weighted by atomic mass is 79.9. The fourth-order valence-electron chi connectivity index (χ4n) is 2.46. The minimum absolute atomic E-state index is 0.927. The Morgan fingerprint density at radius 1 is 1.17 bits per heavy atom. The van der Waals surface area contributed by atoms with E-state index in [1.807, 2.05) is 6.20 Å². The van der Waals surface area contributed by atoms with Crippen molar-refractivity contribution in [1.82, 2.24) is 4.98 Å². The zero-order chi connectivity index (χ0) is 12.5. The molecule has 0 amide bonds. The molecule has 2 nitrogen and oxygen atoms in total. The molecule has 3 rings (SSSR count). The predicted molar refractivity (Wildman–Crippen MR) is 78.4 cm³/mol. The molecule has 18 heavy (non-hydrogen) atoms. The molecule has 1 N–H and O–H groups in total. The summed E-state index contributed by atoms with van der Waals surface area (Å²) in [4.78, 5) is 4.41. The summed E-state index contributed by atoms with van der Waals surface area (Å²) in [5.41, 5.74) is 5.26. The van der Waals surface area contributed by atoms with Crippen LogP contribution in [0.15, 0.2) is 34.9 Å². The van der Waals surface area contributed by atoms with E-state index < -0.39 is 0 Å². The number of pyridine rings is 1. The SMILES string of the molecule is Cc1cc(Br)cnc1Nc1ccc2c(c1)CCC2. The monoisotopic (exact) mass is 302 g/mol. The number of hydrogen-bond acceptors (Lipinski definition) is 2. The van der Waals surface area contributed by atoms with E-state index in [1.54, 1.807) is 0 Å². The second-order valence-electron chi connectivity index (χ2n) is 4.78.